The van der Waals surface area contributed by atoms with Crippen LogP contribution in [0.1, 0.15) is 23.6 Å². The summed E-state index contributed by atoms with van der Waals surface area (Å²) in [5.41, 5.74) is 2.14. The van der Waals surface area contributed by atoms with Crippen molar-refractivity contribution in [3.8, 4) is 5.75 Å². The van der Waals surface area contributed by atoms with E-state index in [9.17, 15) is 13.5 Å². The summed E-state index contributed by atoms with van der Waals surface area (Å²) in [6.07, 6.45) is 3.05. The molecular weight excluding hydrogens is 250 g/mol. The largest absolute Gasteiger partial charge is 0.508 e. The van der Waals surface area contributed by atoms with Crippen molar-refractivity contribution in [3.63, 3.8) is 0 Å². The molecule has 2 rings (SSSR count). The number of benzene rings is 1. The molecule has 18 heavy (non-hydrogen) atoms. The third-order valence-corrected chi connectivity index (χ3v) is 4.49. The van der Waals surface area contributed by atoms with Crippen molar-refractivity contribution in [2.75, 3.05) is 25.6 Å². The summed E-state index contributed by atoms with van der Waals surface area (Å²) < 4.78 is 22.4. The van der Waals surface area contributed by atoms with Crippen LogP contribution in [0, 0.1) is 0 Å². The zero-order valence-corrected chi connectivity index (χ0v) is 11.6. The van der Waals surface area contributed by atoms with Crippen molar-refractivity contribution in [1.29, 1.82) is 0 Å². The molecule has 0 radical (unpaired) electrons. The molecular formula is C13H19NO3S. The summed E-state index contributed by atoms with van der Waals surface area (Å²) in [6, 6.07) is 5.78. The second-order valence-corrected chi connectivity index (χ2v) is 7.27. The quantitative estimate of drug-likeness (QED) is 0.896. The van der Waals surface area contributed by atoms with Gasteiger partial charge in [-0.2, -0.15) is 0 Å². The van der Waals surface area contributed by atoms with E-state index in [1.54, 1.807) is 6.07 Å². The Kier molecular flexibility index (Phi) is 3.64. The van der Waals surface area contributed by atoms with Gasteiger partial charge in [0.1, 0.15) is 15.6 Å². The van der Waals surface area contributed by atoms with Crippen molar-refractivity contribution < 1.29 is 13.5 Å². The Morgan fingerprint density at radius 3 is 2.83 bits per heavy atom. The molecule has 0 amide bonds. The van der Waals surface area contributed by atoms with Gasteiger partial charge in [0.25, 0.3) is 0 Å². The number of phenolic OH excluding ortho intramolecular Hbond substituents is 1. The van der Waals surface area contributed by atoms with Crippen LogP contribution >= 0.6 is 0 Å². The van der Waals surface area contributed by atoms with Crippen LogP contribution in [0.15, 0.2) is 18.2 Å². The number of nitrogens with zero attached hydrogens (tertiary/aromatic N) is 1. The number of hydrogen-bond donors (Lipinski definition) is 1. The first-order valence-electron chi connectivity index (χ1n) is 6.07. The van der Waals surface area contributed by atoms with Gasteiger partial charge in [-0.3, -0.25) is 4.90 Å². The lowest BCUT2D eigenvalue weighted by Gasteiger charge is -2.24. The molecule has 0 saturated heterocycles. The summed E-state index contributed by atoms with van der Waals surface area (Å²) in [4.78, 5) is 2.06. The number of fused-ring (bicyclic) bond motifs is 1. The average Bonchev–Trinajstić information content (AvgIpc) is 2.70. The molecule has 1 aromatic carbocycles. The van der Waals surface area contributed by atoms with E-state index in [0.717, 1.165) is 24.0 Å². The van der Waals surface area contributed by atoms with Crippen molar-refractivity contribution >= 4 is 9.84 Å². The Bertz CT molecular complexity index is 539. The number of aromatic hydroxyl groups is 1. The van der Waals surface area contributed by atoms with Gasteiger partial charge >= 0.3 is 0 Å². The van der Waals surface area contributed by atoms with Gasteiger partial charge in [0.2, 0.25) is 0 Å². The molecule has 4 nitrogen and oxygen atoms in total. The minimum Gasteiger partial charge on any atom is -0.508 e. The van der Waals surface area contributed by atoms with Crippen LogP contribution in [0.5, 0.6) is 5.75 Å². The summed E-state index contributed by atoms with van der Waals surface area (Å²) >= 11 is 0. The monoisotopic (exact) mass is 269 g/mol. The third-order valence-electron chi connectivity index (χ3n) is 3.56. The van der Waals surface area contributed by atoms with E-state index in [-0.39, 0.29) is 11.8 Å². The van der Waals surface area contributed by atoms with Crippen LogP contribution in [-0.4, -0.2) is 44.0 Å². The molecule has 5 heteroatoms. The normalized spacial score (nSPS) is 19.2. The van der Waals surface area contributed by atoms with Crippen LogP contribution in [0.4, 0.5) is 0 Å². The fourth-order valence-electron chi connectivity index (χ4n) is 2.54. The highest BCUT2D eigenvalue weighted by Crippen LogP contribution is 2.38. The van der Waals surface area contributed by atoms with E-state index in [4.69, 9.17) is 0 Å². The van der Waals surface area contributed by atoms with E-state index in [2.05, 4.69) is 4.90 Å². The predicted octanol–water partition coefficient (Wildman–Crippen LogP) is 1.36. The molecule has 0 fully saturated rings. The molecule has 1 aliphatic rings. The summed E-state index contributed by atoms with van der Waals surface area (Å²) in [6.45, 7) is 0.526. The Morgan fingerprint density at radius 2 is 2.17 bits per heavy atom. The number of phenols is 1. The van der Waals surface area contributed by atoms with Crippen LogP contribution in [-0.2, 0) is 16.3 Å². The summed E-state index contributed by atoms with van der Waals surface area (Å²) in [5, 5.41) is 9.78. The van der Waals surface area contributed by atoms with Gasteiger partial charge in [-0.1, -0.05) is 12.1 Å². The van der Waals surface area contributed by atoms with Gasteiger partial charge in [0.15, 0.2) is 0 Å². The second-order valence-electron chi connectivity index (χ2n) is 5.01. The molecule has 0 spiro atoms. The molecule has 1 aromatic rings. The van der Waals surface area contributed by atoms with Crippen LogP contribution < -0.4 is 0 Å². The van der Waals surface area contributed by atoms with Gasteiger partial charge in [0, 0.05) is 18.8 Å². The molecule has 1 aliphatic carbocycles. The van der Waals surface area contributed by atoms with Crippen molar-refractivity contribution in [2.24, 2.45) is 0 Å². The minimum atomic E-state index is -2.93. The van der Waals surface area contributed by atoms with Crippen LogP contribution in [0.2, 0.25) is 0 Å². The van der Waals surface area contributed by atoms with E-state index < -0.39 is 9.84 Å². The maximum Gasteiger partial charge on any atom is 0.148 e. The third kappa shape index (κ3) is 2.84. The van der Waals surface area contributed by atoms with Gasteiger partial charge in [-0.05, 0) is 37.1 Å². The Morgan fingerprint density at radius 1 is 1.44 bits per heavy atom. The molecule has 0 heterocycles. The van der Waals surface area contributed by atoms with E-state index in [1.165, 1.54) is 6.26 Å². The van der Waals surface area contributed by atoms with E-state index >= 15 is 0 Å². The van der Waals surface area contributed by atoms with Gasteiger partial charge < -0.3 is 5.11 Å². The zero-order chi connectivity index (χ0) is 13.3. The Balaban J connectivity index is 2.11. The first kappa shape index (κ1) is 13.4. The molecule has 1 unspecified atom stereocenters. The smallest absolute Gasteiger partial charge is 0.148 e. The first-order chi connectivity index (χ1) is 8.38. The molecule has 100 valence electrons. The lowest BCUT2D eigenvalue weighted by Crippen LogP contribution is -2.28. The molecule has 0 aromatic heterocycles. The predicted molar refractivity (Wildman–Crippen MR) is 71.5 cm³/mol. The molecule has 1 N–H and O–H groups in total. The van der Waals surface area contributed by atoms with E-state index in [0.29, 0.717) is 12.3 Å². The van der Waals surface area contributed by atoms with Gasteiger partial charge in [-0.25, -0.2) is 8.42 Å². The van der Waals surface area contributed by atoms with Crippen molar-refractivity contribution in [1.82, 2.24) is 4.90 Å². The topological polar surface area (TPSA) is 57.6 Å². The number of hydrogen-bond acceptors (Lipinski definition) is 4. The first-order valence-corrected chi connectivity index (χ1v) is 8.13. The standard InChI is InChI=1S/C13H19NO3S/c1-14(8-9-18(2,16)17)12-7-6-11-10(12)4-3-5-13(11)15/h3-5,12,15H,6-9H2,1-2H3. The molecule has 0 aliphatic heterocycles. The SMILES string of the molecule is CN(CCS(C)(=O)=O)C1CCc2c(O)cccc21. The molecule has 1 atom stereocenters. The Labute approximate surface area is 108 Å². The number of sulfone groups is 1. The maximum absolute atomic E-state index is 11.2. The van der Waals surface area contributed by atoms with Crippen molar-refractivity contribution in [2.45, 2.75) is 18.9 Å². The highest BCUT2D eigenvalue weighted by atomic mass is 32.2. The highest BCUT2D eigenvalue weighted by molar-refractivity contribution is 7.90. The highest BCUT2D eigenvalue weighted by Gasteiger charge is 2.27. The lowest BCUT2D eigenvalue weighted by molar-refractivity contribution is 0.258. The Hall–Kier alpha value is -1.07. The fourth-order valence-corrected chi connectivity index (χ4v) is 3.16. The summed E-state index contributed by atoms with van der Waals surface area (Å²) in [5.74, 6) is 0.528. The lowest BCUT2D eigenvalue weighted by atomic mass is 10.1. The molecule has 0 saturated carbocycles. The minimum absolute atomic E-state index is 0.175. The van der Waals surface area contributed by atoms with E-state index in [1.807, 2.05) is 19.2 Å². The van der Waals surface area contributed by atoms with Crippen LogP contribution in [0.3, 0.4) is 0 Å². The zero-order valence-electron chi connectivity index (χ0n) is 10.8. The van der Waals surface area contributed by atoms with Crippen molar-refractivity contribution in [3.05, 3.63) is 29.3 Å². The van der Waals surface area contributed by atoms with Crippen LogP contribution in [0.25, 0.3) is 0 Å². The van der Waals surface area contributed by atoms with Gasteiger partial charge in [-0.15, -0.1) is 0 Å². The average molecular weight is 269 g/mol. The van der Waals surface area contributed by atoms with Gasteiger partial charge in [0.05, 0.1) is 5.75 Å². The fraction of sp³-hybridized carbons (Fsp3) is 0.538. The second kappa shape index (κ2) is 4.90. The maximum atomic E-state index is 11.2. The summed E-state index contributed by atoms with van der Waals surface area (Å²) in [7, 11) is -0.986. The number of rotatable bonds is 4. The molecule has 0 bridgehead atoms.